The van der Waals surface area contributed by atoms with Gasteiger partial charge < -0.3 is 15.0 Å². The second kappa shape index (κ2) is 6.95. The monoisotopic (exact) mass is 374 g/mol. The predicted octanol–water partition coefficient (Wildman–Crippen LogP) is 3.43. The number of ether oxygens (including phenoxy) is 1. The molecule has 0 aliphatic carbocycles. The van der Waals surface area contributed by atoms with Crippen LogP contribution in [0.25, 0.3) is 10.2 Å². The molecule has 8 heteroatoms. The lowest BCUT2D eigenvalue weighted by molar-refractivity contribution is 0.103. The summed E-state index contributed by atoms with van der Waals surface area (Å²) in [5.74, 6) is -0.181. The zero-order chi connectivity index (χ0) is 17.2. The fraction of sp³-hybridized carbons (Fsp3) is 0.235. The second-order valence-corrected chi connectivity index (χ2v) is 7.02. The van der Waals surface area contributed by atoms with E-state index in [-0.39, 0.29) is 5.91 Å². The van der Waals surface area contributed by atoms with E-state index in [2.05, 4.69) is 20.2 Å². The van der Waals surface area contributed by atoms with Crippen LogP contribution in [0.4, 0.5) is 11.4 Å². The van der Waals surface area contributed by atoms with E-state index in [9.17, 15) is 4.79 Å². The largest absolute Gasteiger partial charge is 0.378 e. The molecule has 1 amide bonds. The Kier molecular flexibility index (Phi) is 4.52. The van der Waals surface area contributed by atoms with E-state index >= 15 is 0 Å². The van der Waals surface area contributed by atoms with Gasteiger partial charge in [0.2, 0.25) is 0 Å². The third kappa shape index (κ3) is 3.44. The molecule has 0 saturated carbocycles. The number of hydrogen-bond acceptors (Lipinski definition) is 6. The van der Waals surface area contributed by atoms with Gasteiger partial charge in [-0.25, -0.2) is 4.98 Å². The van der Waals surface area contributed by atoms with Crippen molar-refractivity contribution in [2.75, 3.05) is 36.5 Å². The minimum absolute atomic E-state index is 0.181. The molecule has 25 heavy (non-hydrogen) atoms. The molecule has 1 saturated heterocycles. The number of morpholine rings is 1. The number of carbonyl (C=O) groups is 1. The van der Waals surface area contributed by atoms with Crippen LogP contribution in [0.3, 0.4) is 0 Å². The van der Waals surface area contributed by atoms with E-state index in [0.29, 0.717) is 28.9 Å². The number of amides is 1. The number of carbonyl (C=O) groups excluding carboxylic acids is 1. The Morgan fingerprint density at radius 3 is 2.92 bits per heavy atom. The normalized spacial score (nSPS) is 14.7. The summed E-state index contributed by atoms with van der Waals surface area (Å²) in [6.45, 7) is 2.96. The summed E-state index contributed by atoms with van der Waals surface area (Å²) in [6.07, 6.45) is 3.27. The lowest BCUT2D eigenvalue weighted by Crippen LogP contribution is -2.36. The molecule has 128 valence electrons. The van der Waals surface area contributed by atoms with Crippen molar-refractivity contribution in [1.82, 2.24) is 9.97 Å². The lowest BCUT2D eigenvalue weighted by Gasteiger charge is -2.29. The van der Waals surface area contributed by atoms with Crippen molar-refractivity contribution in [3.63, 3.8) is 0 Å². The van der Waals surface area contributed by atoms with Crippen LogP contribution >= 0.6 is 22.9 Å². The first kappa shape index (κ1) is 16.3. The van der Waals surface area contributed by atoms with Crippen molar-refractivity contribution < 1.29 is 9.53 Å². The van der Waals surface area contributed by atoms with Crippen molar-refractivity contribution in [3.05, 3.63) is 46.7 Å². The maximum absolute atomic E-state index is 12.5. The molecule has 1 aliphatic heterocycles. The highest BCUT2D eigenvalue weighted by atomic mass is 35.5. The topological polar surface area (TPSA) is 67.4 Å². The van der Waals surface area contributed by atoms with Crippen molar-refractivity contribution >= 4 is 50.4 Å². The molecule has 1 N–H and O–H groups in total. The molecular formula is C17H15ClN4O2S. The van der Waals surface area contributed by atoms with Crippen LogP contribution in [0, 0.1) is 0 Å². The molecule has 0 unspecified atom stereocenters. The fourth-order valence-corrected chi connectivity index (χ4v) is 3.98. The Balaban J connectivity index is 1.68. The van der Waals surface area contributed by atoms with Crippen LogP contribution in [-0.4, -0.2) is 42.2 Å². The molecule has 1 aliphatic rings. The molecule has 4 rings (SSSR count). The van der Waals surface area contributed by atoms with Gasteiger partial charge in [-0.15, -0.1) is 11.3 Å². The standard InChI is InChI=1S/C17H15ClN4O2S/c18-15-9-13(22-4-6-24-7-5-22)16-12(21-15)8-14(25-16)17(23)20-11-2-1-3-19-10-11/h1-3,8-10H,4-7H2,(H,20,23). The number of fused-ring (bicyclic) bond motifs is 1. The molecule has 4 heterocycles. The van der Waals surface area contributed by atoms with Crippen LogP contribution in [0.2, 0.25) is 5.15 Å². The zero-order valence-electron chi connectivity index (χ0n) is 13.2. The third-order valence-corrected chi connectivity index (χ3v) is 5.26. The summed E-state index contributed by atoms with van der Waals surface area (Å²) < 4.78 is 6.38. The van der Waals surface area contributed by atoms with Gasteiger partial charge in [-0.2, -0.15) is 0 Å². The molecule has 0 aromatic carbocycles. The van der Waals surface area contributed by atoms with E-state index < -0.39 is 0 Å². The number of anilines is 2. The molecule has 3 aromatic heterocycles. The predicted molar refractivity (Wildman–Crippen MR) is 99.9 cm³/mol. The number of nitrogens with one attached hydrogen (secondary N) is 1. The second-order valence-electron chi connectivity index (χ2n) is 5.58. The smallest absolute Gasteiger partial charge is 0.265 e. The zero-order valence-corrected chi connectivity index (χ0v) is 14.8. The van der Waals surface area contributed by atoms with Crippen molar-refractivity contribution in [3.8, 4) is 0 Å². The summed E-state index contributed by atoms with van der Waals surface area (Å²) in [6, 6.07) is 7.21. The number of pyridine rings is 2. The third-order valence-electron chi connectivity index (χ3n) is 3.92. The molecule has 0 radical (unpaired) electrons. The average Bonchev–Trinajstić information content (AvgIpc) is 3.06. The van der Waals surface area contributed by atoms with E-state index in [1.54, 1.807) is 30.6 Å². The average molecular weight is 375 g/mol. The molecular weight excluding hydrogens is 360 g/mol. The summed E-state index contributed by atoms with van der Waals surface area (Å²) in [7, 11) is 0. The number of rotatable bonds is 3. The van der Waals surface area contributed by atoms with Crippen molar-refractivity contribution in [2.24, 2.45) is 0 Å². The summed E-state index contributed by atoms with van der Waals surface area (Å²) in [5, 5.41) is 3.27. The Labute approximate surface area is 153 Å². The van der Waals surface area contributed by atoms with Gasteiger partial charge >= 0.3 is 0 Å². The van der Waals surface area contributed by atoms with E-state index in [0.717, 1.165) is 29.0 Å². The lowest BCUT2D eigenvalue weighted by atomic mass is 10.3. The van der Waals surface area contributed by atoms with Crippen LogP contribution < -0.4 is 10.2 Å². The Hall–Kier alpha value is -2.22. The van der Waals surface area contributed by atoms with Crippen LogP contribution in [0.5, 0.6) is 0 Å². The highest BCUT2D eigenvalue weighted by Crippen LogP contribution is 2.35. The van der Waals surface area contributed by atoms with E-state index in [1.165, 1.54) is 11.3 Å². The first-order chi connectivity index (χ1) is 12.2. The fourth-order valence-electron chi connectivity index (χ4n) is 2.75. The van der Waals surface area contributed by atoms with Gasteiger partial charge in [0.1, 0.15) is 5.15 Å². The first-order valence-corrected chi connectivity index (χ1v) is 9.04. The molecule has 6 nitrogen and oxygen atoms in total. The highest BCUT2D eigenvalue weighted by molar-refractivity contribution is 7.21. The van der Waals surface area contributed by atoms with Gasteiger partial charge in [0, 0.05) is 25.4 Å². The quantitative estimate of drug-likeness (QED) is 0.711. The SMILES string of the molecule is O=C(Nc1cccnc1)c1cc2nc(Cl)cc(N3CCOCC3)c2s1. The highest BCUT2D eigenvalue weighted by Gasteiger charge is 2.19. The Morgan fingerprint density at radius 1 is 1.32 bits per heavy atom. The van der Waals surface area contributed by atoms with Crippen LogP contribution in [0.15, 0.2) is 36.7 Å². The van der Waals surface area contributed by atoms with Gasteiger partial charge in [0.25, 0.3) is 5.91 Å². The summed E-state index contributed by atoms with van der Waals surface area (Å²) >= 11 is 7.61. The van der Waals surface area contributed by atoms with Gasteiger partial charge in [0.15, 0.2) is 0 Å². The van der Waals surface area contributed by atoms with E-state index in [4.69, 9.17) is 16.3 Å². The van der Waals surface area contributed by atoms with Crippen molar-refractivity contribution in [1.29, 1.82) is 0 Å². The summed E-state index contributed by atoms with van der Waals surface area (Å²) in [5.41, 5.74) is 2.39. The molecule has 0 spiro atoms. The summed E-state index contributed by atoms with van der Waals surface area (Å²) in [4.78, 5) is 23.7. The molecule has 3 aromatic rings. The number of thiophene rings is 1. The van der Waals surface area contributed by atoms with Crippen LogP contribution in [-0.2, 0) is 4.74 Å². The minimum Gasteiger partial charge on any atom is -0.378 e. The van der Waals surface area contributed by atoms with Gasteiger partial charge in [-0.1, -0.05) is 11.6 Å². The number of halogens is 1. The maximum Gasteiger partial charge on any atom is 0.265 e. The molecule has 0 bridgehead atoms. The number of hydrogen-bond donors (Lipinski definition) is 1. The van der Waals surface area contributed by atoms with Gasteiger partial charge in [-0.05, 0) is 18.2 Å². The Bertz CT molecular complexity index is 910. The minimum atomic E-state index is -0.181. The molecule has 0 atom stereocenters. The van der Waals surface area contributed by atoms with Crippen LogP contribution in [0.1, 0.15) is 9.67 Å². The maximum atomic E-state index is 12.5. The number of nitrogens with zero attached hydrogens (tertiary/aromatic N) is 3. The van der Waals surface area contributed by atoms with Gasteiger partial charge in [-0.3, -0.25) is 9.78 Å². The number of aromatic nitrogens is 2. The van der Waals surface area contributed by atoms with Gasteiger partial charge in [0.05, 0.1) is 45.9 Å². The molecule has 1 fully saturated rings. The Morgan fingerprint density at radius 2 is 2.16 bits per heavy atom. The first-order valence-electron chi connectivity index (χ1n) is 7.85. The van der Waals surface area contributed by atoms with Crippen molar-refractivity contribution in [2.45, 2.75) is 0 Å². The van der Waals surface area contributed by atoms with E-state index in [1.807, 2.05) is 6.07 Å².